The monoisotopic (exact) mass is 267 g/mol. The summed E-state index contributed by atoms with van der Waals surface area (Å²) in [4.78, 5) is 11.9. The van der Waals surface area contributed by atoms with E-state index in [-0.39, 0.29) is 17.9 Å². The Balaban J connectivity index is 1.63. The zero-order valence-corrected chi connectivity index (χ0v) is 12.1. The van der Waals surface area contributed by atoms with Crippen LogP contribution in [-0.4, -0.2) is 24.2 Å². The van der Waals surface area contributed by atoms with Crippen LogP contribution in [0.4, 0.5) is 0 Å². The Labute approximate surface area is 117 Å². The molecule has 110 valence electrons. The summed E-state index contributed by atoms with van der Waals surface area (Å²) in [5, 5.41) is 12.6. The first-order valence-electron chi connectivity index (χ1n) is 8.12. The standard InChI is InChI=1S/C16H29NO2/c18-13-16(10-4-5-11-16)12-17-15(19)9-8-14-6-2-1-3-7-14/h14,18H,1-13H2,(H,17,19). The molecule has 19 heavy (non-hydrogen) atoms. The van der Waals surface area contributed by atoms with E-state index in [1.54, 1.807) is 0 Å². The van der Waals surface area contributed by atoms with Crippen molar-refractivity contribution in [3.05, 3.63) is 0 Å². The topological polar surface area (TPSA) is 49.3 Å². The van der Waals surface area contributed by atoms with Crippen LogP contribution in [0.2, 0.25) is 0 Å². The van der Waals surface area contributed by atoms with Gasteiger partial charge in [0.15, 0.2) is 0 Å². The molecule has 2 fully saturated rings. The molecular formula is C16H29NO2. The fourth-order valence-corrected chi connectivity index (χ4v) is 3.70. The zero-order valence-electron chi connectivity index (χ0n) is 12.1. The fraction of sp³-hybridized carbons (Fsp3) is 0.938. The Morgan fingerprint density at radius 2 is 1.79 bits per heavy atom. The normalized spacial score (nSPS) is 23.4. The van der Waals surface area contributed by atoms with Gasteiger partial charge in [-0.2, -0.15) is 0 Å². The summed E-state index contributed by atoms with van der Waals surface area (Å²) >= 11 is 0. The molecule has 0 saturated heterocycles. The average molecular weight is 267 g/mol. The molecule has 0 aliphatic heterocycles. The maximum absolute atomic E-state index is 11.9. The molecule has 3 nitrogen and oxygen atoms in total. The van der Waals surface area contributed by atoms with Crippen molar-refractivity contribution < 1.29 is 9.90 Å². The van der Waals surface area contributed by atoms with Gasteiger partial charge in [-0.3, -0.25) is 4.79 Å². The summed E-state index contributed by atoms with van der Waals surface area (Å²) in [6.07, 6.45) is 12.9. The molecule has 0 spiro atoms. The first-order valence-corrected chi connectivity index (χ1v) is 8.12. The van der Waals surface area contributed by atoms with Crippen molar-refractivity contribution in [2.75, 3.05) is 13.2 Å². The molecule has 0 atom stereocenters. The molecule has 3 heteroatoms. The Morgan fingerprint density at radius 3 is 2.42 bits per heavy atom. The van der Waals surface area contributed by atoms with Crippen molar-refractivity contribution in [3.63, 3.8) is 0 Å². The molecule has 0 radical (unpaired) electrons. The van der Waals surface area contributed by atoms with Gasteiger partial charge in [-0.1, -0.05) is 44.9 Å². The highest BCUT2D eigenvalue weighted by atomic mass is 16.3. The summed E-state index contributed by atoms with van der Waals surface area (Å²) in [5.41, 5.74) is -0.0134. The van der Waals surface area contributed by atoms with Crippen molar-refractivity contribution in [3.8, 4) is 0 Å². The average Bonchev–Trinajstić information content (AvgIpc) is 2.93. The van der Waals surface area contributed by atoms with Gasteiger partial charge in [-0.25, -0.2) is 0 Å². The van der Waals surface area contributed by atoms with E-state index < -0.39 is 0 Å². The molecule has 0 aromatic carbocycles. The first-order chi connectivity index (χ1) is 9.24. The lowest BCUT2D eigenvalue weighted by atomic mass is 9.85. The van der Waals surface area contributed by atoms with Crippen LogP contribution >= 0.6 is 0 Å². The molecular weight excluding hydrogens is 238 g/mol. The Hall–Kier alpha value is -0.570. The summed E-state index contributed by atoms with van der Waals surface area (Å²) in [6.45, 7) is 0.892. The quantitative estimate of drug-likeness (QED) is 0.777. The Bertz CT molecular complexity index is 278. The van der Waals surface area contributed by atoms with Crippen LogP contribution in [0.5, 0.6) is 0 Å². The van der Waals surface area contributed by atoms with Crippen LogP contribution in [0.1, 0.15) is 70.6 Å². The van der Waals surface area contributed by atoms with Crippen LogP contribution in [0, 0.1) is 11.3 Å². The second kappa shape index (κ2) is 7.28. The predicted octanol–water partition coefficient (Wildman–Crippen LogP) is 3.02. The van der Waals surface area contributed by atoms with E-state index in [1.165, 1.54) is 44.9 Å². The Morgan fingerprint density at radius 1 is 1.11 bits per heavy atom. The number of hydrogen-bond acceptors (Lipinski definition) is 2. The number of hydrogen-bond donors (Lipinski definition) is 2. The number of amides is 1. The summed E-state index contributed by atoms with van der Waals surface area (Å²) in [6, 6.07) is 0. The molecule has 0 bridgehead atoms. The molecule has 0 aromatic rings. The van der Waals surface area contributed by atoms with Gasteiger partial charge in [0.2, 0.25) is 5.91 Å². The van der Waals surface area contributed by atoms with Crippen LogP contribution in [0.25, 0.3) is 0 Å². The molecule has 2 saturated carbocycles. The van der Waals surface area contributed by atoms with Crippen molar-refractivity contribution in [2.24, 2.45) is 11.3 Å². The summed E-state index contributed by atoms with van der Waals surface area (Å²) in [5.74, 6) is 0.961. The molecule has 2 aliphatic carbocycles. The third-order valence-electron chi connectivity index (χ3n) is 5.16. The lowest BCUT2D eigenvalue weighted by molar-refractivity contribution is -0.122. The number of aliphatic hydroxyl groups is 1. The number of rotatable bonds is 6. The molecule has 2 aliphatic rings. The zero-order chi connectivity index (χ0) is 13.6. The highest BCUT2D eigenvalue weighted by Crippen LogP contribution is 2.37. The fourth-order valence-electron chi connectivity index (χ4n) is 3.70. The van der Waals surface area contributed by atoms with Crippen molar-refractivity contribution in [2.45, 2.75) is 70.6 Å². The smallest absolute Gasteiger partial charge is 0.220 e. The van der Waals surface area contributed by atoms with Gasteiger partial charge in [-0.05, 0) is 25.2 Å². The third-order valence-corrected chi connectivity index (χ3v) is 5.16. The van der Waals surface area contributed by atoms with Crippen LogP contribution in [0.3, 0.4) is 0 Å². The van der Waals surface area contributed by atoms with Gasteiger partial charge in [0.05, 0.1) is 6.61 Å². The van der Waals surface area contributed by atoms with Crippen LogP contribution in [-0.2, 0) is 4.79 Å². The van der Waals surface area contributed by atoms with E-state index in [4.69, 9.17) is 0 Å². The molecule has 0 heterocycles. The molecule has 2 rings (SSSR count). The van der Waals surface area contributed by atoms with E-state index in [0.717, 1.165) is 25.2 Å². The molecule has 1 amide bonds. The summed E-state index contributed by atoms with van der Waals surface area (Å²) in [7, 11) is 0. The van der Waals surface area contributed by atoms with Gasteiger partial charge in [0.1, 0.15) is 0 Å². The van der Waals surface area contributed by atoms with E-state index in [2.05, 4.69) is 5.32 Å². The molecule has 0 unspecified atom stereocenters. The van der Waals surface area contributed by atoms with Crippen molar-refractivity contribution >= 4 is 5.91 Å². The maximum Gasteiger partial charge on any atom is 0.220 e. The van der Waals surface area contributed by atoms with Gasteiger partial charge >= 0.3 is 0 Å². The highest BCUT2D eigenvalue weighted by molar-refractivity contribution is 5.75. The third kappa shape index (κ3) is 4.48. The highest BCUT2D eigenvalue weighted by Gasteiger charge is 2.33. The summed E-state index contributed by atoms with van der Waals surface area (Å²) < 4.78 is 0. The lowest BCUT2D eigenvalue weighted by Gasteiger charge is -2.27. The lowest BCUT2D eigenvalue weighted by Crippen LogP contribution is -2.38. The Kier molecular flexibility index (Phi) is 5.68. The predicted molar refractivity (Wildman–Crippen MR) is 76.8 cm³/mol. The van der Waals surface area contributed by atoms with Gasteiger partial charge in [0.25, 0.3) is 0 Å². The van der Waals surface area contributed by atoms with Crippen molar-refractivity contribution in [1.82, 2.24) is 5.32 Å². The van der Waals surface area contributed by atoms with E-state index >= 15 is 0 Å². The number of nitrogens with one attached hydrogen (secondary N) is 1. The van der Waals surface area contributed by atoms with Gasteiger partial charge < -0.3 is 10.4 Å². The van der Waals surface area contributed by atoms with E-state index in [0.29, 0.717) is 13.0 Å². The number of carbonyl (C=O) groups excluding carboxylic acids is 1. The minimum absolute atomic E-state index is 0.0134. The largest absolute Gasteiger partial charge is 0.396 e. The molecule has 0 aromatic heterocycles. The second-order valence-electron chi connectivity index (χ2n) is 6.68. The van der Waals surface area contributed by atoms with E-state index in [1.807, 2.05) is 0 Å². The minimum atomic E-state index is -0.0134. The van der Waals surface area contributed by atoms with E-state index in [9.17, 15) is 9.90 Å². The van der Waals surface area contributed by atoms with Crippen LogP contribution in [0.15, 0.2) is 0 Å². The second-order valence-corrected chi connectivity index (χ2v) is 6.68. The first kappa shape index (κ1) is 14.8. The van der Waals surface area contributed by atoms with Gasteiger partial charge in [0, 0.05) is 18.4 Å². The van der Waals surface area contributed by atoms with Gasteiger partial charge in [-0.15, -0.1) is 0 Å². The van der Waals surface area contributed by atoms with Crippen LogP contribution < -0.4 is 5.32 Å². The molecule has 2 N–H and O–H groups in total. The SMILES string of the molecule is O=C(CCC1CCCCC1)NCC1(CO)CCCC1. The maximum atomic E-state index is 11.9. The van der Waals surface area contributed by atoms with Crippen molar-refractivity contribution in [1.29, 1.82) is 0 Å². The minimum Gasteiger partial charge on any atom is -0.396 e. The number of aliphatic hydroxyl groups excluding tert-OH is 1. The number of carbonyl (C=O) groups is 1.